The number of carbonyl (C=O) groups excluding carboxylic acids is 1. The van der Waals surface area contributed by atoms with Crippen LogP contribution in [0.3, 0.4) is 0 Å². The van der Waals surface area contributed by atoms with Gasteiger partial charge in [0.05, 0.1) is 0 Å². The van der Waals surface area contributed by atoms with E-state index in [-0.39, 0.29) is 5.91 Å². The molecular formula is C23H41N5O. The quantitative estimate of drug-likeness (QED) is 0.338. The van der Waals surface area contributed by atoms with Crippen molar-refractivity contribution in [3.05, 3.63) is 35.4 Å². The number of guanidine groups is 1. The van der Waals surface area contributed by atoms with Gasteiger partial charge in [0.25, 0.3) is 5.91 Å². The van der Waals surface area contributed by atoms with Crippen LogP contribution in [0.5, 0.6) is 0 Å². The number of rotatable bonds is 11. The average Bonchev–Trinajstić information content (AvgIpc) is 2.70. The number of amides is 1. The maximum Gasteiger partial charge on any atom is 0.253 e. The predicted octanol–water partition coefficient (Wildman–Crippen LogP) is 3.34. The summed E-state index contributed by atoms with van der Waals surface area (Å²) in [6, 6.07) is 8.92. The standard InChI is InChI=1S/C23H41N5O/c1-8-27(9-2)22(29)21-13-11-20(12-14-21)17-26-23(24-7)25-15-10-16-28(18(3)4)19(5)6/h11-14,18-19H,8-10,15-17H2,1-7H3,(H2,24,25,26). The van der Waals surface area contributed by atoms with Crippen molar-refractivity contribution in [2.75, 3.05) is 33.2 Å². The van der Waals surface area contributed by atoms with Gasteiger partial charge in [0, 0.05) is 57.4 Å². The average molecular weight is 404 g/mol. The molecule has 1 aromatic rings. The normalized spacial score (nSPS) is 12.0. The van der Waals surface area contributed by atoms with Crippen LogP contribution in [0, 0.1) is 0 Å². The van der Waals surface area contributed by atoms with E-state index in [0.29, 0.717) is 18.6 Å². The summed E-state index contributed by atoms with van der Waals surface area (Å²) in [7, 11) is 1.79. The van der Waals surface area contributed by atoms with Crippen LogP contribution in [-0.2, 0) is 6.54 Å². The maximum atomic E-state index is 12.4. The number of hydrogen-bond donors (Lipinski definition) is 2. The molecular weight excluding hydrogens is 362 g/mol. The van der Waals surface area contributed by atoms with Crippen LogP contribution in [0.2, 0.25) is 0 Å². The summed E-state index contributed by atoms with van der Waals surface area (Å²) in [5.74, 6) is 0.887. The van der Waals surface area contributed by atoms with Crippen molar-refractivity contribution >= 4 is 11.9 Å². The Labute approximate surface area is 177 Å². The number of nitrogens with zero attached hydrogens (tertiary/aromatic N) is 3. The van der Waals surface area contributed by atoms with Gasteiger partial charge in [0.2, 0.25) is 0 Å². The summed E-state index contributed by atoms with van der Waals surface area (Å²) in [6.07, 6.45) is 1.07. The lowest BCUT2D eigenvalue weighted by Crippen LogP contribution is -2.41. The van der Waals surface area contributed by atoms with Crippen molar-refractivity contribution in [1.82, 2.24) is 20.4 Å². The van der Waals surface area contributed by atoms with Crippen LogP contribution in [-0.4, -0.2) is 67.0 Å². The highest BCUT2D eigenvalue weighted by atomic mass is 16.2. The minimum Gasteiger partial charge on any atom is -0.356 e. The molecule has 164 valence electrons. The molecule has 2 N–H and O–H groups in total. The molecule has 29 heavy (non-hydrogen) atoms. The van der Waals surface area contributed by atoms with Crippen LogP contribution in [0.25, 0.3) is 0 Å². The smallest absolute Gasteiger partial charge is 0.253 e. The Kier molecular flexibility index (Phi) is 11.4. The highest BCUT2D eigenvalue weighted by molar-refractivity contribution is 5.94. The van der Waals surface area contributed by atoms with Gasteiger partial charge in [-0.15, -0.1) is 0 Å². The second-order valence-corrected chi connectivity index (χ2v) is 7.81. The number of aliphatic imine (C=N–C) groups is 1. The van der Waals surface area contributed by atoms with E-state index in [9.17, 15) is 4.79 Å². The summed E-state index contributed by atoms with van der Waals surface area (Å²) in [5.41, 5.74) is 1.86. The van der Waals surface area contributed by atoms with E-state index in [1.165, 1.54) is 0 Å². The Morgan fingerprint density at radius 2 is 1.59 bits per heavy atom. The summed E-state index contributed by atoms with van der Waals surface area (Å²) in [6.45, 7) is 17.1. The van der Waals surface area contributed by atoms with Gasteiger partial charge in [-0.3, -0.25) is 14.7 Å². The van der Waals surface area contributed by atoms with Gasteiger partial charge in [-0.05, 0) is 65.7 Å². The fourth-order valence-electron chi connectivity index (χ4n) is 3.45. The maximum absolute atomic E-state index is 12.4. The topological polar surface area (TPSA) is 60.0 Å². The molecule has 0 heterocycles. The predicted molar refractivity (Wildman–Crippen MR) is 123 cm³/mol. The van der Waals surface area contributed by atoms with Gasteiger partial charge in [0.15, 0.2) is 5.96 Å². The highest BCUT2D eigenvalue weighted by Crippen LogP contribution is 2.08. The van der Waals surface area contributed by atoms with E-state index in [4.69, 9.17) is 0 Å². The van der Waals surface area contributed by atoms with Crippen molar-refractivity contribution in [2.24, 2.45) is 4.99 Å². The molecule has 6 nitrogen and oxygen atoms in total. The molecule has 6 heteroatoms. The largest absolute Gasteiger partial charge is 0.356 e. The van der Waals surface area contributed by atoms with E-state index in [1.54, 1.807) is 7.05 Å². The lowest BCUT2D eigenvalue weighted by molar-refractivity contribution is 0.0773. The van der Waals surface area contributed by atoms with E-state index >= 15 is 0 Å². The monoisotopic (exact) mass is 403 g/mol. The van der Waals surface area contributed by atoms with Crippen LogP contribution >= 0.6 is 0 Å². The van der Waals surface area contributed by atoms with E-state index in [1.807, 2.05) is 43.0 Å². The van der Waals surface area contributed by atoms with E-state index in [2.05, 4.69) is 48.2 Å². The number of carbonyl (C=O) groups is 1. The molecule has 1 aromatic carbocycles. The van der Waals surface area contributed by atoms with Crippen molar-refractivity contribution in [3.63, 3.8) is 0 Å². The minimum atomic E-state index is 0.0869. The molecule has 0 fully saturated rings. The SMILES string of the molecule is CCN(CC)C(=O)c1ccc(CNC(=NC)NCCCN(C(C)C)C(C)C)cc1. The summed E-state index contributed by atoms with van der Waals surface area (Å²) < 4.78 is 0. The van der Waals surface area contributed by atoms with Crippen molar-refractivity contribution in [2.45, 2.75) is 66.6 Å². The zero-order valence-corrected chi connectivity index (χ0v) is 19.5. The van der Waals surface area contributed by atoms with Crippen molar-refractivity contribution in [3.8, 4) is 0 Å². The molecule has 0 aliphatic heterocycles. The molecule has 0 radical (unpaired) electrons. The lowest BCUT2D eigenvalue weighted by atomic mass is 10.1. The number of benzene rings is 1. The second-order valence-electron chi connectivity index (χ2n) is 7.81. The van der Waals surface area contributed by atoms with Gasteiger partial charge < -0.3 is 15.5 Å². The molecule has 0 unspecified atom stereocenters. The first-order valence-electron chi connectivity index (χ1n) is 10.9. The van der Waals surface area contributed by atoms with Crippen LogP contribution in [0.15, 0.2) is 29.3 Å². The van der Waals surface area contributed by atoms with Gasteiger partial charge in [-0.25, -0.2) is 0 Å². The van der Waals surface area contributed by atoms with Crippen molar-refractivity contribution in [1.29, 1.82) is 0 Å². The fourth-order valence-corrected chi connectivity index (χ4v) is 3.45. The van der Waals surface area contributed by atoms with Gasteiger partial charge >= 0.3 is 0 Å². The van der Waals surface area contributed by atoms with Gasteiger partial charge in [-0.1, -0.05) is 12.1 Å². The van der Waals surface area contributed by atoms with E-state index in [0.717, 1.165) is 49.7 Å². The van der Waals surface area contributed by atoms with Crippen LogP contribution in [0.1, 0.15) is 63.9 Å². The Balaban J connectivity index is 2.45. The van der Waals surface area contributed by atoms with Crippen LogP contribution < -0.4 is 10.6 Å². The molecule has 0 aliphatic carbocycles. The second kappa shape index (κ2) is 13.2. The Morgan fingerprint density at radius 3 is 2.07 bits per heavy atom. The molecule has 0 saturated heterocycles. The third kappa shape index (κ3) is 8.44. The minimum absolute atomic E-state index is 0.0869. The molecule has 0 atom stereocenters. The Hall–Kier alpha value is -2.08. The first-order valence-corrected chi connectivity index (χ1v) is 10.9. The lowest BCUT2D eigenvalue weighted by Gasteiger charge is -2.30. The first kappa shape index (κ1) is 25.0. The van der Waals surface area contributed by atoms with Crippen molar-refractivity contribution < 1.29 is 4.79 Å². The third-order valence-corrected chi connectivity index (χ3v) is 5.15. The molecule has 0 saturated carbocycles. The Bertz CT molecular complexity index is 613. The highest BCUT2D eigenvalue weighted by Gasteiger charge is 2.13. The fraction of sp³-hybridized carbons (Fsp3) is 0.652. The third-order valence-electron chi connectivity index (χ3n) is 5.15. The Morgan fingerprint density at radius 1 is 1.00 bits per heavy atom. The molecule has 0 bridgehead atoms. The zero-order chi connectivity index (χ0) is 21.8. The molecule has 1 amide bonds. The van der Waals surface area contributed by atoms with Crippen LogP contribution in [0.4, 0.5) is 0 Å². The van der Waals surface area contributed by atoms with Gasteiger partial charge in [-0.2, -0.15) is 0 Å². The zero-order valence-electron chi connectivity index (χ0n) is 19.5. The van der Waals surface area contributed by atoms with E-state index < -0.39 is 0 Å². The first-order chi connectivity index (χ1) is 13.8. The van der Waals surface area contributed by atoms with Gasteiger partial charge in [0.1, 0.15) is 0 Å². The molecule has 0 aliphatic rings. The number of hydrogen-bond acceptors (Lipinski definition) is 3. The molecule has 1 rings (SSSR count). The molecule has 0 aromatic heterocycles. The molecule has 0 spiro atoms. The summed E-state index contributed by atoms with van der Waals surface area (Å²) >= 11 is 0. The summed E-state index contributed by atoms with van der Waals surface area (Å²) in [4.78, 5) is 21.0. The number of nitrogens with one attached hydrogen (secondary N) is 2. The summed E-state index contributed by atoms with van der Waals surface area (Å²) in [5, 5.41) is 6.73.